The second kappa shape index (κ2) is 8.86. The van der Waals surface area contributed by atoms with E-state index in [9.17, 15) is 15.0 Å². The molecule has 2 heterocycles. The van der Waals surface area contributed by atoms with E-state index in [1.54, 1.807) is 0 Å². The highest BCUT2D eigenvalue weighted by Crippen LogP contribution is 2.28. The summed E-state index contributed by atoms with van der Waals surface area (Å²) in [6.07, 6.45) is 2.39. The summed E-state index contributed by atoms with van der Waals surface area (Å²) in [6, 6.07) is 8.83. The number of nitrogen functional groups attached to an aromatic ring is 1. The average molecular weight is 386 g/mol. The number of anilines is 1. The van der Waals surface area contributed by atoms with Gasteiger partial charge in [0.2, 0.25) is 0 Å². The maximum Gasteiger partial charge on any atom is 0.351 e. The first-order chi connectivity index (χ1) is 13.5. The van der Waals surface area contributed by atoms with Crippen LogP contribution in [0.3, 0.4) is 0 Å². The van der Waals surface area contributed by atoms with Gasteiger partial charge in [0.05, 0.1) is 0 Å². The molecule has 0 amide bonds. The van der Waals surface area contributed by atoms with Crippen molar-refractivity contribution >= 4 is 5.82 Å². The highest BCUT2D eigenvalue weighted by atomic mass is 16.6. The molecule has 9 nitrogen and oxygen atoms in total. The molecule has 148 valence electrons. The van der Waals surface area contributed by atoms with Crippen molar-refractivity contribution in [2.45, 2.75) is 31.1 Å². The molecular weight excluding hydrogens is 364 g/mol. The summed E-state index contributed by atoms with van der Waals surface area (Å²) in [4.78, 5) is 15.5. The van der Waals surface area contributed by atoms with Crippen LogP contribution in [-0.4, -0.2) is 51.2 Å². The summed E-state index contributed by atoms with van der Waals surface area (Å²) < 4.78 is 12.1. The van der Waals surface area contributed by atoms with Crippen LogP contribution in [0, 0.1) is 12.3 Å². The minimum absolute atomic E-state index is 0.0724. The Labute approximate surface area is 161 Å². The number of aliphatic hydroxyl groups is 2. The smallest absolute Gasteiger partial charge is 0.351 e. The van der Waals surface area contributed by atoms with Gasteiger partial charge in [0.25, 0.3) is 0 Å². The lowest BCUT2D eigenvalue weighted by Gasteiger charge is -2.17. The van der Waals surface area contributed by atoms with Gasteiger partial charge in [0.15, 0.2) is 6.23 Å². The lowest BCUT2D eigenvalue weighted by Crippen LogP contribution is -2.38. The molecule has 1 aromatic carbocycles. The van der Waals surface area contributed by atoms with E-state index in [0.29, 0.717) is 12.3 Å². The zero-order valence-corrected chi connectivity index (χ0v) is 15.1. The van der Waals surface area contributed by atoms with E-state index in [1.807, 2.05) is 24.3 Å². The van der Waals surface area contributed by atoms with Crippen molar-refractivity contribution < 1.29 is 19.7 Å². The van der Waals surface area contributed by atoms with E-state index in [0.717, 1.165) is 10.1 Å². The highest BCUT2D eigenvalue weighted by Gasteiger charge is 2.43. The number of nitrogens with zero attached hydrogens (tertiary/aromatic N) is 2. The molecule has 1 aromatic heterocycles. The first kappa shape index (κ1) is 19.9. The van der Waals surface area contributed by atoms with E-state index >= 15 is 0 Å². The third-order valence-electron chi connectivity index (χ3n) is 4.38. The average Bonchev–Trinajstić information content (AvgIpc) is 2.96. The molecule has 1 fully saturated rings. The Morgan fingerprint density at radius 2 is 2.04 bits per heavy atom. The first-order valence-electron chi connectivity index (χ1n) is 8.72. The fourth-order valence-corrected chi connectivity index (χ4v) is 2.93. The Bertz CT molecular complexity index is 892. The second-order valence-electron chi connectivity index (χ2n) is 6.36. The van der Waals surface area contributed by atoms with E-state index in [2.05, 4.69) is 16.2 Å². The molecule has 2 aromatic rings. The molecule has 4 atom stereocenters. The van der Waals surface area contributed by atoms with Gasteiger partial charge in [-0.25, -0.2) is 4.79 Å². The van der Waals surface area contributed by atoms with Crippen molar-refractivity contribution in [1.29, 1.82) is 0 Å². The van der Waals surface area contributed by atoms with Crippen LogP contribution in [0.25, 0.3) is 0 Å². The van der Waals surface area contributed by atoms with Crippen molar-refractivity contribution in [3.8, 4) is 18.1 Å². The Morgan fingerprint density at radius 1 is 1.29 bits per heavy atom. The summed E-state index contributed by atoms with van der Waals surface area (Å²) in [5.41, 5.74) is 5.81. The molecule has 0 unspecified atom stereocenters. The largest absolute Gasteiger partial charge is 0.481 e. The molecule has 9 heteroatoms. The van der Waals surface area contributed by atoms with Gasteiger partial charge in [0, 0.05) is 19.3 Å². The van der Waals surface area contributed by atoms with Gasteiger partial charge in [-0.15, -0.1) is 6.42 Å². The predicted molar refractivity (Wildman–Crippen MR) is 101 cm³/mol. The van der Waals surface area contributed by atoms with Crippen LogP contribution in [0.4, 0.5) is 5.82 Å². The molecular formula is C19H22N4O5. The molecule has 3 rings (SSSR count). The Balaban J connectivity index is 1.55. The van der Waals surface area contributed by atoms with Crippen LogP contribution in [0.2, 0.25) is 0 Å². The SMILES string of the molecule is C#CCOc1ccc(CNC[C@H]2O[C@@H](n3ccc(N)nc3=O)[C@H](O)[C@@H]2O)cc1. The monoisotopic (exact) mass is 386 g/mol. The molecule has 5 N–H and O–H groups in total. The number of nitrogens with two attached hydrogens (primary N) is 1. The summed E-state index contributed by atoms with van der Waals surface area (Å²) in [5.74, 6) is 3.16. The zero-order valence-electron chi connectivity index (χ0n) is 15.1. The number of aliphatic hydroxyl groups excluding tert-OH is 2. The van der Waals surface area contributed by atoms with E-state index in [-0.39, 0.29) is 19.0 Å². The number of benzene rings is 1. The van der Waals surface area contributed by atoms with Crippen LogP contribution in [0.5, 0.6) is 5.75 Å². The number of ether oxygens (including phenoxy) is 2. The Hall–Kier alpha value is -2.90. The van der Waals surface area contributed by atoms with Crippen molar-refractivity contribution in [3.63, 3.8) is 0 Å². The zero-order chi connectivity index (χ0) is 20.1. The Kier molecular flexibility index (Phi) is 6.28. The molecule has 1 aliphatic rings. The molecule has 0 spiro atoms. The van der Waals surface area contributed by atoms with Gasteiger partial charge in [-0.3, -0.25) is 4.57 Å². The van der Waals surface area contributed by atoms with E-state index in [4.69, 9.17) is 21.6 Å². The number of nitrogens with one attached hydrogen (secondary N) is 1. The molecule has 0 radical (unpaired) electrons. The third-order valence-corrected chi connectivity index (χ3v) is 4.38. The third kappa shape index (κ3) is 4.49. The molecule has 0 saturated carbocycles. The van der Waals surface area contributed by atoms with Gasteiger partial charge in [-0.05, 0) is 23.8 Å². The van der Waals surface area contributed by atoms with Crippen molar-refractivity contribution in [2.75, 3.05) is 18.9 Å². The maximum atomic E-state index is 11.9. The Morgan fingerprint density at radius 3 is 2.71 bits per heavy atom. The van der Waals surface area contributed by atoms with Crippen LogP contribution in [0.1, 0.15) is 11.8 Å². The normalized spacial score (nSPS) is 24.0. The summed E-state index contributed by atoms with van der Waals surface area (Å²) in [7, 11) is 0. The van der Waals surface area contributed by atoms with Gasteiger partial charge in [-0.2, -0.15) is 4.98 Å². The molecule has 28 heavy (non-hydrogen) atoms. The van der Waals surface area contributed by atoms with E-state index < -0.39 is 30.2 Å². The molecule has 1 aliphatic heterocycles. The van der Waals surface area contributed by atoms with Crippen LogP contribution < -0.4 is 21.5 Å². The van der Waals surface area contributed by atoms with Crippen molar-refractivity contribution in [1.82, 2.24) is 14.9 Å². The quantitative estimate of drug-likeness (QED) is 0.457. The number of rotatable bonds is 7. The van der Waals surface area contributed by atoms with E-state index in [1.165, 1.54) is 12.3 Å². The summed E-state index contributed by atoms with van der Waals surface area (Å²) in [5, 5.41) is 23.6. The van der Waals surface area contributed by atoms with Crippen LogP contribution >= 0.6 is 0 Å². The van der Waals surface area contributed by atoms with Gasteiger partial charge >= 0.3 is 5.69 Å². The fourth-order valence-electron chi connectivity index (χ4n) is 2.93. The lowest BCUT2D eigenvalue weighted by atomic mass is 10.1. The summed E-state index contributed by atoms with van der Waals surface area (Å²) >= 11 is 0. The summed E-state index contributed by atoms with van der Waals surface area (Å²) in [6.45, 7) is 1.01. The number of aromatic nitrogens is 2. The van der Waals surface area contributed by atoms with Gasteiger partial charge in [0.1, 0.15) is 36.5 Å². The molecule has 1 saturated heterocycles. The number of terminal acetylenes is 1. The topological polar surface area (TPSA) is 132 Å². The fraction of sp³-hybridized carbons (Fsp3) is 0.368. The van der Waals surface area contributed by atoms with Crippen molar-refractivity contribution in [2.24, 2.45) is 0 Å². The first-order valence-corrected chi connectivity index (χ1v) is 8.72. The predicted octanol–water partition coefficient (Wildman–Crippen LogP) is -0.753. The van der Waals surface area contributed by atoms with Crippen LogP contribution in [-0.2, 0) is 11.3 Å². The maximum absolute atomic E-state index is 11.9. The van der Waals surface area contributed by atoms with Crippen molar-refractivity contribution in [3.05, 3.63) is 52.6 Å². The molecule has 0 aliphatic carbocycles. The minimum Gasteiger partial charge on any atom is -0.481 e. The second-order valence-corrected chi connectivity index (χ2v) is 6.36. The number of hydrogen-bond donors (Lipinski definition) is 4. The minimum atomic E-state index is -1.26. The highest BCUT2D eigenvalue weighted by molar-refractivity contribution is 5.27. The number of hydrogen-bond acceptors (Lipinski definition) is 8. The lowest BCUT2D eigenvalue weighted by molar-refractivity contribution is -0.0390. The molecule has 0 bridgehead atoms. The van der Waals surface area contributed by atoms with Gasteiger partial charge < -0.3 is 30.7 Å². The van der Waals surface area contributed by atoms with Gasteiger partial charge in [-0.1, -0.05) is 18.1 Å². The van der Waals surface area contributed by atoms with Crippen LogP contribution in [0.15, 0.2) is 41.3 Å². The standard InChI is InChI=1S/C19H22N4O5/c1-2-9-27-13-5-3-12(4-6-13)10-21-11-14-16(24)17(25)18(28-14)23-8-7-15(20)22-19(23)26/h1,3-8,14,16-18,21,24-25H,9-11H2,(H2,20,22,26)/t14-,16-,17-,18-/m1/s1.